The largest absolute Gasteiger partial charge is 0.399 e. The van der Waals surface area contributed by atoms with Crippen LogP contribution in [-0.2, 0) is 0 Å². The van der Waals surface area contributed by atoms with E-state index in [-0.39, 0.29) is 6.03 Å². The summed E-state index contributed by atoms with van der Waals surface area (Å²) in [5.74, 6) is 0.955. The van der Waals surface area contributed by atoms with Gasteiger partial charge in [-0.15, -0.1) is 11.8 Å². The normalized spacial score (nSPS) is 19.4. The number of anilines is 2. The number of nitrogens with two attached hydrogens (primary N) is 1. The Labute approximate surface area is 124 Å². The third-order valence-corrected chi connectivity index (χ3v) is 5.00. The van der Waals surface area contributed by atoms with Gasteiger partial charge in [-0.25, -0.2) is 4.79 Å². The molecule has 0 atom stereocenters. The second-order valence-electron chi connectivity index (χ2n) is 5.41. The topological polar surface area (TPSA) is 49.6 Å². The van der Waals surface area contributed by atoms with Crippen LogP contribution in [0.1, 0.15) is 25.7 Å². The molecule has 0 radical (unpaired) electrons. The molecule has 0 spiro atoms. The van der Waals surface area contributed by atoms with Crippen LogP contribution in [0.2, 0.25) is 0 Å². The molecule has 3 rings (SSSR count). The van der Waals surface area contributed by atoms with Crippen molar-refractivity contribution in [2.24, 2.45) is 0 Å². The molecule has 4 nitrogen and oxygen atoms in total. The highest BCUT2D eigenvalue weighted by atomic mass is 32.2. The summed E-state index contributed by atoms with van der Waals surface area (Å²) in [4.78, 5) is 17.9. The summed E-state index contributed by atoms with van der Waals surface area (Å²) < 4.78 is 0. The number of carbonyl (C=O) groups excluding carboxylic acids is 1. The van der Waals surface area contributed by atoms with Gasteiger partial charge >= 0.3 is 6.03 Å². The number of benzene rings is 1. The van der Waals surface area contributed by atoms with Gasteiger partial charge in [-0.05, 0) is 31.0 Å². The van der Waals surface area contributed by atoms with E-state index >= 15 is 0 Å². The second-order valence-corrected chi connectivity index (χ2v) is 6.55. The third kappa shape index (κ3) is 2.73. The molecule has 0 saturated carbocycles. The highest BCUT2D eigenvalue weighted by molar-refractivity contribution is 7.99. The maximum Gasteiger partial charge on any atom is 0.324 e. The second kappa shape index (κ2) is 5.95. The van der Waals surface area contributed by atoms with Crippen LogP contribution in [0, 0.1) is 0 Å². The molecule has 2 amide bonds. The van der Waals surface area contributed by atoms with Crippen LogP contribution in [0.25, 0.3) is 0 Å². The van der Waals surface area contributed by atoms with Crippen LogP contribution in [0.15, 0.2) is 23.1 Å². The van der Waals surface area contributed by atoms with Crippen molar-refractivity contribution < 1.29 is 4.79 Å². The van der Waals surface area contributed by atoms with E-state index < -0.39 is 0 Å². The van der Waals surface area contributed by atoms with Crippen molar-refractivity contribution in [1.29, 1.82) is 0 Å². The zero-order valence-electron chi connectivity index (χ0n) is 11.7. The first kappa shape index (κ1) is 13.6. The highest BCUT2D eigenvalue weighted by Crippen LogP contribution is 2.36. The van der Waals surface area contributed by atoms with E-state index in [1.165, 1.54) is 12.8 Å². The van der Waals surface area contributed by atoms with Crippen molar-refractivity contribution in [3.63, 3.8) is 0 Å². The summed E-state index contributed by atoms with van der Waals surface area (Å²) in [5, 5.41) is 0. The molecule has 0 aromatic heterocycles. The van der Waals surface area contributed by atoms with Crippen molar-refractivity contribution >= 4 is 29.2 Å². The molecule has 108 valence electrons. The fourth-order valence-corrected chi connectivity index (χ4v) is 3.84. The van der Waals surface area contributed by atoms with Crippen molar-refractivity contribution in [3.05, 3.63) is 18.2 Å². The van der Waals surface area contributed by atoms with E-state index in [9.17, 15) is 4.79 Å². The Bertz CT molecular complexity index is 498. The number of fused-ring (bicyclic) bond motifs is 1. The van der Waals surface area contributed by atoms with Gasteiger partial charge in [0.15, 0.2) is 0 Å². The zero-order valence-corrected chi connectivity index (χ0v) is 12.5. The van der Waals surface area contributed by atoms with Crippen LogP contribution in [0.5, 0.6) is 0 Å². The molecule has 1 aromatic carbocycles. The molecule has 5 heteroatoms. The number of nitrogens with zero attached hydrogens (tertiary/aromatic N) is 2. The monoisotopic (exact) mass is 291 g/mol. The van der Waals surface area contributed by atoms with Crippen LogP contribution < -0.4 is 10.6 Å². The van der Waals surface area contributed by atoms with E-state index in [2.05, 4.69) is 0 Å². The Morgan fingerprint density at radius 3 is 2.60 bits per heavy atom. The van der Waals surface area contributed by atoms with E-state index in [4.69, 9.17) is 5.73 Å². The lowest BCUT2D eigenvalue weighted by atomic mass is 10.2. The van der Waals surface area contributed by atoms with Crippen molar-refractivity contribution in [1.82, 2.24) is 4.90 Å². The molecule has 2 aliphatic rings. The third-order valence-electron chi connectivity index (χ3n) is 3.95. The van der Waals surface area contributed by atoms with Gasteiger partial charge in [0.25, 0.3) is 0 Å². The first-order chi connectivity index (χ1) is 9.75. The molecular formula is C15H21N3OS. The lowest BCUT2D eigenvalue weighted by Crippen LogP contribution is -2.46. The molecule has 2 heterocycles. The lowest BCUT2D eigenvalue weighted by Gasteiger charge is -2.33. The molecule has 1 saturated heterocycles. The van der Waals surface area contributed by atoms with Crippen LogP contribution >= 0.6 is 11.8 Å². The number of rotatable bonds is 0. The molecule has 1 fully saturated rings. The van der Waals surface area contributed by atoms with Crippen molar-refractivity contribution in [3.8, 4) is 0 Å². The van der Waals surface area contributed by atoms with Gasteiger partial charge in [-0.1, -0.05) is 12.8 Å². The van der Waals surface area contributed by atoms with Crippen LogP contribution in [0.3, 0.4) is 0 Å². The predicted octanol–water partition coefficient (Wildman–Crippen LogP) is 3.18. The first-order valence-corrected chi connectivity index (χ1v) is 8.33. The van der Waals surface area contributed by atoms with E-state index in [0.717, 1.165) is 54.5 Å². The predicted molar refractivity (Wildman–Crippen MR) is 84.4 cm³/mol. The fourth-order valence-electron chi connectivity index (χ4n) is 2.87. The highest BCUT2D eigenvalue weighted by Gasteiger charge is 2.27. The van der Waals surface area contributed by atoms with Gasteiger partial charge in [-0.2, -0.15) is 0 Å². The SMILES string of the molecule is Nc1ccc2c(c1)N(C(=O)N1CCCCCC1)CCS2. The number of thioether (sulfide) groups is 1. The van der Waals surface area contributed by atoms with Gasteiger partial charge in [0.2, 0.25) is 0 Å². The van der Waals surface area contributed by atoms with E-state index in [0.29, 0.717) is 0 Å². The molecular weight excluding hydrogens is 270 g/mol. The Morgan fingerprint density at radius 1 is 1.10 bits per heavy atom. The van der Waals surface area contributed by atoms with Crippen molar-refractivity contribution in [2.45, 2.75) is 30.6 Å². The summed E-state index contributed by atoms with van der Waals surface area (Å²) in [7, 11) is 0. The van der Waals surface area contributed by atoms with Crippen molar-refractivity contribution in [2.75, 3.05) is 36.0 Å². The number of urea groups is 1. The summed E-state index contributed by atoms with van der Waals surface area (Å²) >= 11 is 1.80. The fraction of sp³-hybridized carbons (Fsp3) is 0.533. The summed E-state index contributed by atoms with van der Waals surface area (Å²) in [6.07, 6.45) is 4.72. The molecule has 20 heavy (non-hydrogen) atoms. The summed E-state index contributed by atoms with van der Waals surface area (Å²) in [6, 6.07) is 6.01. The van der Waals surface area contributed by atoms with Gasteiger partial charge < -0.3 is 10.6 Å². The minimum Gasteiger partial charge on any atom is -0.399 e. The lowest BCUT2D eigenvalue weighted by molar-refractivity contribution is 0.206. The van der Waals surface area contributed by atoms with Gasteiger partial charge in [0.1, 0.15) is 0 Å². The Morgan fingerprint density at radius 2 is 1.85 bits per heavy atom. The molecule has 1 aromatic rings. The summed E-state index contributed by atoms with van der Waals surface area (Å²) in [5.41, 5.74) is 7.59. The molecule has 0 bridgehead atoms. The van der Waals surface area contributed by atoms with E-state index in [1.807, 2.05) is 28.0 Å². The summed E-state index contributed by atoms with van der Waals surface area (Å²) in [6.45, 7) is 2.55. The minimum absolute atomic E-state index is 0.152. The van der Waals surface area contributed by atoms with Gasteiger partial charge in [0.05, 0.1) is 5.69 Å². The maximum absolute atomic E-state index is 12.8. The average molecular weight is 291 g/mol. The first-order valence-electron chi connectivity index (χ1n) is 7.34. The number of nitrogen functional groups attached to an aromatic ring is 1. The minimum atomic E-state index is 0.152. The van der Waals surface area contributed by atoms with Gasteiger partial charge in [-0.3, -0.25) is 4.90 Å². The van der Waals surface area contributed by atoms with Crippen LogP contribution in [-0.4, -0.2) is 36.3 Å². The number of hydrogen-bond donors (Lipinski definition) is 1. The Kier molecular flexibility index (Phi) is 4.05. The smallest absolute Gasteiger partial charge is 0.324 e. The number of carbonyl (C=O) groups is 1. The number of amides is 2. The molecule has 0 aliphatic carbocycles. The number of hydrogen-bond acceptors (Lipinski definition) is 3. The quantitative estimate of drug-likeness (QED) is 0.747. The van der Waals surface area contributed by atoms with E-state index in [1.54, 1.807) is 11.8 Å². The number of likely N-dealkylation sites (tertiary alicyclic amines) is 1. The molecule has 2 N–H and O–H groups in total. The molecule has 0 unspecified atom stereocenters. The van der Waals surface area contributed by atoms with Gasteiger partial charge in [0, 0.05) is 36.0 Å². The zero-order chi connectivity index (χ0) is 13.9. The Hall–Kier alpha value is -1.36. The van der Waals surface area contributed by atoms with Crippen LogP contribution in [0.4, 0.5) is 16.2 Å². The molecule has 2 aliphatic heterocycles. The Balaban J connectivity index is 1.83. The average Bonchev–Trinajstić information content (AvgIpc) is 2.75. The standard InChI is InChI=1S/C15H21N3OS/c16-12-5-6-14-13(11-12)18(9-10-20-14)15(19)17-7-3-1-2-4-8-17/h5-6,11H,1-4,7-10,16H2. The maximum atomic E-state index is 12.8.